The topological polar surface area (TPSA) is 55.7 Å². The lowest BCUT2D eigenvalue weighted by Gasteiger charge is -2.05. The lowest BCUT2D eigenvalue weighted by atomic mass is 10.3. The molecule has 0 saturated heterocycles. The van der Waals surface area contributed by atoms with Crippen molar-refractivity contribution in [2.45, 2.75) is 23.6 Å². The van der Waals surface area contributed by atoms with E-state index in [0.717, 1.165) is 5.71 Å². The zero-order chi connectivity index (χ0) is 14.6. The van der Waals surface area contributed by atoms with Gasteiger partial charge in [0.1, 0.15) is 0 Å². The van der Waals surface area contributed by atoms with Gasteiger partial charge in [0, 0.05) is 0 Å². The van der Waals surface area contributed by atoms with Crippen LogP contribution >= 0.6 is 0 Å². The molecule has 0 unspecified atom stereocenters. The highest BCUT2D eigenvalue weighted by atomic mass is 32.2. The van der Waals surface area contributed by atoms with Gasteiger partial charge >= 0.3 is 0 Å². The Balaban J connectivity index is 2.28. The van der Waals surface area contributed by atoms with Gasteiger partial charge in [0.05, 0.1) is 15.5 Å². The number of benzene rings is 2. The normalized spacial score (nSPS) is 10.9. The second-order valence-corrected chi connectivity index (χ2v) is 6.37. The third kappa shape index (κ3) is 3.24. The highest BCUT2D eigenvalue weighted by Gasteiger charge is 2.16. The third-order valence-corrected chi connectivity index (χ3v) is 4.31. The van der Waals surface area contributed by atoms with E-state index in [1.807, 2.05) is 13.8 Å². The molecule has 0 aliphatic carbocycles. The number of oxime groups is 1. The molecule has 0 atom stereocenters. The Morgan fingerprint density at radius 1 is 0.900 bits per heavy atom. The molecule has 104 valence electrons. The van der Waals surface area contributed by atoms with E-state index in [-0.39, 0.29) is 9.79 Å². The van der Waals surface area contributed by atoms with Crippen LogP contribution in [-0.2, 0) is 9.84 Å². The van der Waals surface area contributed by atoms with E-state index < -0.39 is 9.84 Å². The van der Waals surface area contributed by atoms with Gasteiger partial charge in [-0.25, -0.2) is 8.42 Å². The smallest absolute Gasteiger partial charge is 0.206 e. The van der Waals surface area contributed by atoms with Gasteiger partial charge in [0.2, 0.25) is 9.84 Å². The highest BCUT2D eigenvalue weighted by molar-refractivity contribution is 7.91. The monoisotopic (exact) mass is 289 g/mol. The molecule has 2 rings (SSSR count). The molecule has 5 heteroatoms. The Hall–Kier alpha value is -2.14. The molecule has 0 aliphatic rings. The Bertz CT molecular complexity index is 701. The fourth-order valence-corrected chi connectivity index (χ4v) is 2.84. The summed E-state index contributed by atoms with van der Waals surface area (Å²) < 4.78 is 24.7. The second kappa shape index (κ2) is 5.88. The number of hydrogen-bond acceptors (Lipinski definition) is 4. The van der Waals surface area contributed by atoms with E-state index in [1.165, 1.54) is 12.1 Å². The summed E-state index contributed by atoms with van der Waals surface area (Å²) in [5, 5.41) is 3.81. The van der Waals surface area contributed by atoms with Crippen molar-refractivity contribution in [3.63, 3.8) is 0 Å². The zero-order valence-electron chi connectivity index (χ0n) is 11.3. The Morgan fingerprint density at radius 2 is 1.45 bits per heavy atom. The standard InChI is InChI=1S/C15H15NO3S/c1-12(2)16-19-13-8-10-15(11-9-13)20(17,18)14-6-4-3-5-7-14/h3-11H,1-2H3. The van der Waals surface area contributed by atoms with Crippen LogP contribution in [0.2, 0.25) is 0 Å². The van der Waals surface area contributed by atoms with Crippen LogP contribution in [0.4, 0.5) is 0 Å². The average molecular weight is 289 g/mol. The van der Waals surface area contributed by atoms with Gasteiger partial charge < -0.3 is 4.84 Å². The van der Waals surface area contributed by atoms with Gasteiger partial charge in [-0.2, -0.15) is 0 Å². The third-order valence-electron chi connectivity index (χ3n) is 2.52. The van der Waals surface area contributed by atoms with Crippen molar-refractivity contribution in [3.05, 3.63) is 54.6 Å². The Labute approximate surface area is 118 Å². The SMILES string of the molecule is CC(C)=NOc1ccc(S(=O)(=O)c2ccccc2)cc1. The molecule has 4 nitrogen and oxygen atoms in total. The second-order valence-electron chi connectivity index (χ2n) is 4.42. The molecule has 0 amide bonds. The maximum atomic E-state index is 12.3. The van der Waals surface area contributed by atoms with E-state index in [2.05, 4.69) is 5.16 Å². The van der Waals surface area contributed by atoms with Crippen LogP contribution < -0.4 is 4.84 Å². The first-order chi connectivity index (χ1) is 9.50. The average Bonchev–Trinajstić information content (AvgIpc) is 2.46. The van der Waals surface area contributed by atoms with Crippen molar-refractivity contribution in [3.8, 4) is 5.75 Å². The summed E-state index contributed by atoms with van der Waals surface area (Å²) >= 11 is 0. The van der Waals surface area contributed by atoms with Crippen LogP contribution in [0, 0.1) is 0 Å². The van der Waals surface area contributed by atoms with Crippen LogP contribution in [0.5, 0.6) is 5.75 Å². The molecule has 2 aromatic carbocycles. The van der Waals surface area contributed by atoms with E-state index in [1.54, 1.807) is 42.5 Å². The van der Waals surface area contributed by atoms with E-state index in [9.17, 15) is 8.42 Å². The van der Waals surface area contributed by atoms with E-state index in [4.69, 9.17) is 4.84 Å². The summed E-state index contributed by atoms with van der Waals surface area (Å²) in [6.07, 6.45) is 0. The summed E-state index contributed by atoms with van der Waals surface area (Å²) in [5.74, 6) is 0.498. The minimum atomic E-state index is -3.48. The lowest BCUT2D eigenvalue weighted by Crippen LogP contribution is -2.01. The van der Waals surface area contributed by atoms with Gasteiger partial charge in [-0.3, -0.25) is 0 Å². The summed E-state index contributed by atoms with van der Waals surface area (Å²) in [6, 6.07) is 14.5. The number of hydrogen-bond donors (Lipinski definition) is 0. The minimum absolute atomic E-state index is 0.230. The van der Waals surface area contributed by atoms with Crippen LogP contribution in [-0.4, -0.2) is 14.1 Å². The summed E-state index contributed by atoms with van der Waals surface area (Å²) in [6.45, 7) is 3.63. The summed E-state index contributed by atoms with van der Waals surface area (Å²) in [4.78, 5) is 5.64. The molecule has 0 N–H and O–H groups in total. The molecule has 0 spiro atoms. The molecule has 0 aromatic heterocycles. The maximum absolute atomic E-state index is 12.3. The summed E-state index contributed by atoms with van der Waals surface area (Å²) in [7, 11) is -3.48. The zero-order valence-corrected chi connectivity index (χ0v) is 12.1. The number of sulfone groups is 1. The molecule has 2 aromatic rings. The fraction of sp³-hybridized carbons (Fsp3) is 0.133. The minimum Gasteiger partial charge on any atom is -0.357 e. The van der Waals surface area contributed by atoms with Crippen LogP contribution in [0.15, 0.2) is 69.5 Å². The van der Waals surface area contributed by atoms with Crippen molar-refractivity contribution in [1.29, 1.82) is 0 Å². The van der Waals surface area contributed by atoms with Crippen LogP contribution in [0.25, 0.3) is 0 Å². The van der Waals surface area contributed by atoms with Crippen molar-refractivity contribution in [2.75, 3.05) is 0 Å². The molecule has 0 aliphatic heterocycles. The van der Waals surface area contributed by atoms with Gasteiger partial charge in [-0.15, -0.1) is 0 Å². The van der Waals surface area contributed by atoms with Crippen molar-refractivity contribution in [2.24, 2.45) is 5.16 Å². The van der Waals surface area contributed by atoms with Crippen molar-refractivity contribution in [1.82, 2.24) is 0 Å². The largest absolute Gasteiger partial charge is 0.357 e. The van der Waals surface area contributed by atoms with Crippen molar-refractivity contribution < 1.29 is 13.3 Å². The molecule has 0 fully saturated rings. The first-order valence-corrected chi connectivity index (χ1v) is 7.57. The van der Waals surface area contributed by atoms with Crippen molar-refractivity contribution >= 4 is 15.5 Å². The quantitative estimate of drug-likeness (QED) is 0.641. The van der Waals surface area contributed by atoms with Gasteiger partial charge in [0.25, 0.3) is 0 Å². The predicted octanol–water partition coefficient (Wildman–Crippen LogP) is 3.29. The van der Waals surface area contributed by atoms with Gasteiger partial charge in [-0.1, -0.05) is 23.4 Å². The van der Waals surface area contributed by atoms with Gasteiger partial charge in [-0.05, 0) is 50.2 Å². The lowest BCUT2D eigenvalue weighted by molar-refractivity contribution is 0.340. The predicted molar refractivity (Wildman–Crippen MR) is 77.7 cm³/mol. The molecular weight excluding hydrogens is 274 g/mol. The highest BCUT2D eigenvalue weighted by Crippen LogP contribution is 2.22. The molecule has 0 bridgehead atoms. The molecular formula is C15H15NO3S. The van der Waals surface area contributed by atoms with Gasteiger partial charge in [0.15, 0.2) is 5.75 Å². The first kappa shape index (κ1) is 14.3. The first-order valence-electron chi connectivity index (χ1n) is 6.08. The van der Waals surface area contributed by atoms with E-state index in [0.29, 0.717) is 5.75 Å². The molecule has 20 heavy (non-hydrogen) atoms. The summed E-state index contributed by atoms with van der Waals surface area (Å²) in [5.41, 5.74) is 0.783. The fourth-order valence-electron chi connectivity index (χ4n) is 1.56. The number of rotatable bonds is 4. The maximum Gasteiger partial charge on any atom is 0.206 e. The molecule has 0 heterocycles. The van der Waals surface area contributed by atoms with Crippen LogP contribution in [0.3, 0.4) is 0 Å². The molecule has 0 saturated carbocycles. The Kier molecular flexibility index (Phi) is 4.20. The number of nitrogens with zero attached hydrogens (tertiary/aromatic N) is 1. The van der Waals surface area contributed by atoms with E-state index >= 15 is 0 Å². The molecule has 0 radical (unpaired) electrons. The Morgan fingerprint density at radius 3 is 2.00 bits per heavy atom. The van der Waals surface area contributed by atoms with Crippen LogP contribution in [0.1, 0.15) is 13.8 Å².